The Morgan fingerprint density at radius 2 is 1.90 bits per heavy atom. The Hall–Kier alpha value is -4.74. The van der Waals surface area contributed by atoms with Gasteiger partial charge in [0.25, 0.3) is 0 Å². The molecule has 1 saturated carbocycles. The van der Waals surface area contributed by atoms with E-state index in [1.54, 1.807) is 12.3 Å². The summed E-state index contributed by atoms with van der Waals surface area (Å²) in [6, 6.07) is 14.6. The highest BCUT2D eigenvalue weighted by Crippen LogP contribution is 2.45. The number of hydrogen-bond donors (Lipinski definition) is 0. The molecule has 0 amide bonds. The highest BCUT2D eigenvalue weighted by Gasteiger charge is 2.38. The Morgan fingerprint density at radius 3 is 2.62 bits per heavy atom. The standard InChI is InChI=1S/C37H35FN5O3P.C3H8.CH3F/c1-4-25-30(47)14-13-23-18-24(42-44)19-26(31(23)25)33-32(38)34-27(35(40-33)43-16-17-45-29-12-7-6-11-28(29)43)20-39-36(41-34)46-21-37(5-2)15-9-8-10-22(37)3;1-3-2;1-2/h1,6-7,11-14,18-20,22H,5,8-10,15-17,21,47H2,2-3H3;3H2,1-2H3;1H3/t22?,37-;;/m1../s1. The normalized spacial score (nSPS) is 17.8. The maximum Gasteiger partial charge on any atom is 0.317 e. The van der Waals surface area contributed by atoms with Crippen LogP contribution < -0.4 is 19.7 Å². The number of halogens is 2. The molecule has 3 atom stereocenters. The number of benzene rings is 3. The van der Waals surface area contributed by atoms with Crippen LogP contribution in [0.5, 0.6) is 11.8 Å². The van der Waals surface area contributed by atoms with Crippen molar-refractivity contribution in [1.82, 2.24) is 15.0 Å². The molecular formula is C41H46F2N5O3P. The second-order valence-electron chi connectivity index (χ2n) is 13.2. The molecule has 2 aromatic heterocycles. The zero-order chi connectivity index (χ0) is 37.4. The van der Waals surface area contributed by atoms with Crippen LogP contribution in [-0.2, 0) is 0 Å². The number of ether oxygens (including phenoxy) is 2. The van der Waals surface area contributed by atoms with Gasteiger partial charge in [0.1, 0.15) is 35.1 Å². The molecule has 2 unspecified atom stereocenters. The minimum atomic E-state index is -0.671. The largest absolute Gasteiger partial charge is 0.490 e. The van der Waals surface area contributed by atoms with Crippen molar-refractivity contribution in [3.8, 4) is 35.4 Å². The number of fused-ring (bicyclic) bond motifs is 3. The first-order valence-corrected chi connectivity index (χ1v) is 18.4. The Bertz CT molecular complexity index is 2110. The van der Waals surface area contributed by atoms with Crippen LogP contribution >= 0.6 is 9.24 Å². The molecule has 1 aliphatic heterocycles. The van der Waals surface area contributed by atoms with Crippen LogP contribution in [0.15, 0.2) is 59.9 Å². The van der Waals surface area contributed by atoms with Gasteiger partial charge in [-0.1, -0.05) is 83.6 Å². The number of rotatable bonds is 7. The number of nitrogens with zero attached hydrogens (tertiary/aromatic N) is 5. The van der Waals surface area contributed by atoms with E-state index in [1.165, 1.54) is 18.9 Å². The Balaban J connectivity index is 0.000000995. The summed E-state index contributed by atoms with van der Waals surface area (Å²) in [5.74, 6) is 3.72. The number of para-hydroxylation sites is 2. The van der Waals surface area contributed by atoms with E-state index in [0.717, 1.165) is 36.7 Å². The lowest BCUT2D eigenvalue weighted by Gasteiger charge is -2.41. The summed E-state index contributed by atoms with van der Waals surface area (Å²) in [7, 11) is 3.13. The van der Waals surface area contributed by atoms with E-state index in [0.29, 0.717) is 71.7 Å². The predicted octanol–water partition coefficient (Wildman–Crippen LogP) is 10.4. The highest BCUT2D eigenvalue weighted by molar-refractivity contribution is 7.27. The minimum Gasteiger partial charge on any atom is -0.490 e. The van der Waals surface area contributed by atoms with Crippen LogP contribution in [0.3, 0.4) is 0 Å². The van der Waals surface area contributed by atoms with Crippen LogP contribution in [-0.4, -0.2) is 41.9 Å². The highest BCUT2D eigenvalue weighted by atomic mass is 31.0. The number of nitroso groups, excluding NO2 is 1. The molecule has 0 N–H and O–H groups in total. The van der Waals surface area contributed by atoms with Crippen molar-refractivity contribution in [1.29, 1.82) is 0 Å². The molecule has 52 heavy (non-hydrogen) atoms. The van der Waals surface area contributed by atoms with E-state index in [1.807, 2.05) is 41.3 Å². The smallest absolute Gasteiger partial charge is 0.317 e. The molecule has 272 valence electrons. The summed E-state index contributed by atoms with van der Waals surface area (Å²) in [5.41, 5.74) is 1.88. The van der Waals surface area contributed by atoms with Gasteiger partial charge in [-0.3, -0.25) is 4.39 Å². The van der Waals surface area contributed by atoms with Crippen molar-refractivity contribution in [2.24, 2.45) is 16.5 Å². The number of aromatic nitrogens is 3. The van der Waals surface area contributed by atoms with Crippen LogP contribution in [0, 0.1) is 34.4 Å². The van der Waals surface area contributed by atoms with Gasteiger partial charge in [0.05, 0.1) is 31.4 Å². The quantitative estimate of drug-likeness (QED) is 0.0937. The minimum absolute atomic E-state index is 0.00495. The summed E-state index contributed by atoms with van der Waals surface area (Å²) in [5, 5.41) is 5.61. The van der Waals surface area contributed by atoms with Crippen LogP contribution in [0.1, 0.15) is 71.8 Å². The summed E-state index contributed by atoms with van der Waals surface area (Å²) in [6.07, 6.45) is 14.4. The molecule has 7 rings (SSSR count). The average Bonchev–Trinajstić information content (AvgIpc) is 3.18. The monoisotopic (exact) mass is 725 g/mol. The van der Waals surface area contributed by atoms with Gasteiger partial charge in [-0.25, -0.2) is 14.4 Å². The van der Waals surface area contributed by atoms with Crippen molar-refractivity contribution in [2.75, 3.05) is 31.8 Å². The Kier molecular flexibility index (Phi) is 12.7. The molecule has 8 nitrogen and oxygen atoms in total. The first-order chi connectivity index (χ1) is 25.3. The number of anilines is 2. The van der Waals surface area contributed by atoms with Crippen LogP contribution in [0.25, 0.3) is 32.9 Å². The fourth-order valence-electron chi connectivity index (χ4n) is 7.26. The summed E-state index contributed by atoms with van der Waals surface area (Å²) >= 11 is 0. The number of terminal acetylenes is 1. The van der Waals surface area contributed by atoms with E-state index in [2.05, 4.69) is 53.0 Å². The molecule has 5 aromatic rings. The number of hydrogen-bond acceptors (Lipinski definition) is 8. The molecule has 3 aromatic carbocycles. The van der Waals surface area contributed by atoms with Crippen molar-refractivity contribution in [3.05, 3.63) is 71.0 Å². The molecule has 11 heteroatoms. The maximum atomic E-state index is 17.1. The summed E-state index contributed by atoms with van der Waals surface area (Å²) in [4.78, 5) is 28.1. The SMILES string of the molecule is C#Cc1c(P)ccc2cc(N=O)cc(-c3nc(N4CCOc5ccccc54)c4cnc(OC[C@@]5(CC)CCCCC5C)nc4c3F)c12.CCC.CF. The molecule has 0 spiro atoms. The lowest BCUT2D eigenvalue weighted by Crippen LogP contribution is -2.37. The lowest BCUT2D eigenvalue weighted by molar-refractivity contribution is 0.0359. The van der Waals surface area contributed by atoms with Crippen molar-refractivity contribution < 1.29 is 18.3 Å². The van der Waals surface area contributed by atoms with Gasteiger partial charge >= 0.3 is 6.01 Å². The maximum absolute atomic E-state index is 17.1. The van der Waals surface area contributed by atoms with Crippen molar-refractivity contribution >= 4 is 53.4 Å². The average molecular weight is 726 g/mol. The number of pyridine rings is 1. The molecule has 3 heterocycles. The second kappa shape index (κ2) is 17.2. The molecule has 2 aliphatic rings. The molecule has 0 bridgehead atoms. The van der Waals surface area contributed by atoms with E-state index in [-0.39, 0.29) is 28.3 Å². The van der Waals surface area contributed by atoms with Gasteiger partial charge in [0.2, 0.25) is 0 Å². The zero-order valence-electron chi connectivity index (χ0n) is 30.5. The van der Waals surface area contributed by atoms with Gasteiger partial charge in [0, 0.05) is 28.1 Å². The summed E-state index contributed by atoms with van der Waals surface area (Å²) < 4.78 is 38.8. The van der Waals surface area contributed by atoms with Crippen LogP contribution in [0.2, 0.25) is 0 Å². The first-order valence-electron chi connectivity index (χ1n) is 17.8. The fraction of sp³-hybridized carbons (Fsp3) is 0.390. The summed E-state index contributed by atoms with van der Waals surface area (Å²) in [6.45, 7) is 10.1. The molecule has 0 radical (unpaired) electrons. The third kappa shape index (κ3) is 7.43. The van der Waals surface area contributed by atoms with E-state index < -0.39 is 5.82 Å². The third-order valence-corrected chi connectivity index (χ3v) is 10.5. The second-order valence-corrected chi connectivity index (χ2v) is 13.8. The zero-order valence-corrected chi connectivity index (χ0v) is 31.7. The van der Waals surface area contributed by atoms with E-state index in [9.17, 15) is 9.30 Å². The van der Waals surface area contributed by atoms with Gasteiger partial charge in [-0.2, -0.15) is 4.98 Å². The third-order valence-electron chi connectivity index (χ3n) is 10.1. The lowest BCUT2D eigenvalue weighted by atomic mass is 9.66. The van der Waals surface area contributed by atoms with Gasteiger partial charge in [-0.15, -0.1) is 20.6 Å². The van der Waals surface area contributed by atoms with Gasteiger partial charge < -0.3 is 14.4 Å². The topological polar surface area (TPSA) is 89.8 Å². The van der Waals surface area contributed by atoms with Crippen molar-refractivity contribution in [3.63, 3.8) is 0 Å². The molecule has 1 fully saturated rings. The first kappa shape index (κ1) is 38.5. The predicted molar refractivity (Wildman–Crippen MR) is 211 cm³/mol. The molecule has 1 aliphatic carbocycles. The van der Waals surface area contributed by atoms with E-state index in [4.69, 9.17) is 25.9 Å². The fourth-order valence-corrected chi connectivity index (χ4v) is 7.58. The molecule has 0 saturated heterocycles. The van der Waals surface area contributed by atoms with Crippen LogP contribution in [0.4, 0.5) is 26.0 Å². The van der Waals surface area contributed by atoms with Gasteiger partial charge in [-0.05, 0) is 58.9 Å². The van der Waals surface area contributed by atoms with Gasteiger partial charge in [0.15, 0.2) is 5.82 Å². The Labute approximate surface area is 306 Å². The molecular weight excluding hydrogens is 679 g/mol. The number of alkyl halides is 1. The van der Waals surface area contributed by atoms with E-state index >= 15 is 4.39 Å². The van der Waals surface area contributed by atoms with Crippen molar-refractivity contribution in [2.45, 2.75) is 66.2 Å². The Morgan fingerprint density at radius 1 is 1.13 bits per heavy atom.